The molecule has 0 saturated carbocycles. The van der Waals surface area contributed by atoms with Gasteiger partial charge >= 0.3 is 0 Å². The normalized spacial score (nSPS) is 18.0. The Morgan fingerprint density at radius 3 is 2.93 bits per heavy atom. The Hall–Kier alpha value is -2.38. The van der Waals surface area contributed by atoms with Gasteiger partial charge in [-0.15, -0.1) is 11.3 Å². The second-order valence-corrected chi connectivity index (χ2v) is 8.20. The summed E-state index contributed by atoms with van der Waals surface area (Å²) < 4.78 is 10.8. The first-order valence-corrected chi connectivity index (χ1v) is 10.5. The summed E-state index contributed by atoms with van der Waals surface area (Å²) in [5, 5.41) is 6.58. The lowest BCUT2D eigenvalue weighted by Gasteiger charge is -2.13. The lowest BCUT2D eigenvalue weighted by Crippen LogP contribution is -2.32. The smallest absolute Gasteiger partial charge is 0.256 e. The van der Waals surface area contributed by atoms with E-state index in [0.717, 1.165) is 44.3 Å². The molecule has 7 heteroatoms. The van der Waals surface area contributed by atoms with Crippen molar-refractivity contribution in [3.63, 3.8) is 0 Å². The number of carbonyl (C=O) groups excluding carboxylic acids is 2. The number of fused-ring (bicyclic) bond motifs is 1. The Labute approximate surface area is 168 Å². The molecule has 2 heterocycles. The van der Waals surface area contributed by atoms with Gasteiger partial charge < -0.3 is 20.1 Å². The number of benzene rings is 1. The van der Waals surface area contributed by atoms with E-state index in [1.807, 2.05) is 0 Å². The fourth-order valence-electron chi connectivity index (χ4n) is 3.77. The van der Waals surface area contributed by atoms with Crippen molar-refractivity contribution in [1.29, 1.82) is 0 Å². The molecule has 1 atom stereocenters. The van der Waals surface area contributed by atoms with Crippen LogP contribution in [0.3, 0.4) is 0 Å². The highest BCUT2D eigenvalue weighted by molar-refractivity contribution is 7.17. The van der Waals surface area contributed by atoms with Crippen molar-refractivity contribution in [2.75, 3.05) is 25.6 Å². The quantitative estimate of drug-likeness (QED) is 0.779. The number of rotatable bonds is 6. The highest BCUT2D eigenvalue weighted by Crippen LogP contribution is 2.39. The molecule has 6 nitrogen and oxygen atoms in total. The van der Waals surface area contributed by atoms with Crippen LogP contribution < -0.4 is 15.4 Å². The van der Waals surface area contributed by atoms with Gasteiger partial charge in [0, 0.05) is 23.6 Å². The second kappa shape index (κ2) is 8.32. The summed E-state index contributed by atoms with van der Waals surface area (Å²) in [4.78, 5) is 26.9. The van der Waals surface area contributed by atoms with Crippen LogP contribution in [0.1, 0.15) is 50.4 Å². The molecule has 2 aliphatic rings. The van der Waals surface area contributed by atoms with Gasteiger partial charge in [0.25, 0.3) is 11.8 Å². The fraction of sp³-hybridized carbons (Fsp3) is 0.429. The number of aryl methyl sites for hydroxylation is 1. The molecule has 1 aliphatic carbocycles. The SMILES string of the molecule is COc1cccc(C(=O)Nc2sc3c(c2C(=O)NC[C@@H]2CCCO2)CCC3)c1. The van der Waals surface area contributed by atoms with Gasteiger partial charge in [-0.1, -0.05) is 6.07 Å². The zero-order chi connectivity index (χ0) is 19.5. The molecule has 0 spiro atoms. The molecule has 2 amide bonds. The van der Waals surface area contributed by atoms with E-state index < -0.39 is 0 Å². The van der Waals surface area contributed by atoms with E-state index in [9.17, 15) is 9.59 Å². The number of hydrogen-bond acceptors (Lipinski definition) is 5. The maximum absolute atomic E-state index is 12.9. The molecule has 148 valence electrons. The summed E-state index contributed by atoms with van der Waals surface area (Å²) in [7, 11) is 1.57. The molecule has 28 heavy (non-hydrogen) atoms. The Kier molecular flexibility index (Phi) is 5.64. The average Bonchev–Trinajstić information content (AvgIpc) is 3.43. The van der Waals surface area contributed by atoms with Crippen LogP contribution in [0, 0.1) is 0 Å². The van der Waals surface area contributed by atoms with Crippen LogP contribution in [0.5, 0.6) is 5.75 Å². The third-order valence-corrected chi connectivity index (χ3v) is 6.43. The van der Waals surface area contributed by atoms with Gasteiger partial charge in [0.05, 0.1) is 18.8 Å². The van der Waals surface area contributed by atoms with E-state index in [4.69, 9.17) is 9.47 Å². The number of nitrogens with one attached hydrogen (secondary N) is 2. The molecular formula is C21H24N2O4S. The van der Waals surface area contributed by atoms with Gasteiger partial charge in [-0.05, 0) is 55.9 Å². The first kappa shape index (κ1) is 19.0. The van der Waals surface area contributed by atoms with Crippen LogP contribution >= 0.6 is 11.3 Å². The Morgan fingerprint density at radius 2 is 2.14 bits per heavy atom. The summed E-state index contributed by atoms with van der Waals surface area (Å²) in [5.41, 5.74) is 2.20. The first-order chi connectivity index (χ1) is 13.7. The van der Waals surface area contributed by atoms with Gasteiger partial charge in [0.2, 0.25) is 0 Å². The van der Waals surface area contributed by atoms with Crippen LogP contribution in [0.2, 0.25) is 0 Å². The number of ether oxygens (including phenoxy) is 2. The number of amides is 2. The molecule has 4 rings (SSSR count). The number of methoxy groups -OCH3 is 1. The van der Waals surface area contributed by atoms with E-state index >= 15 is 0 Å². The van der Waals surface area contributed by atoms with Crippen LogP contribution in [0.4, 0.5) is 5.00 Å². The maximum atomic E-state index is 12.9. The topological polar surface area (TPSA) is 76.7 Å². The van der Waals surface area contributed by atoms with Gasteiger partial charge in [0.1, 0.15) is 10.8 Å². The standard InChI is InChI=1S/C21H24N2O4S/c1-26-14-6-2-5-13(11-14)19(24)23-21-18(16-8-3-9-17(16)28-21)20(25)22-12-15-7-4-10-27-15/h2,5-6,11,15H,3-4,7-10,12H2,1H3,(H,22,25)(H,23,24)/t15-/m0/s1. The summed E-state index contributed by atoms with van der Waals surface area (Å²) in [6.45, 7) is 1.27. The molecule has 2 N–H and O–H groups in total. The van der Waals surface area contributed by atoms with Crippen molar-refractivity contribution < 1.29 is 19.1 Å². The van der Waals surface area contributed by atoms with Crippen LogP contribution in [-0.2, 0) is 17.6 Å². The van der Waals surface area contributed by atoms with Crippen molar-refractivity contribution >= 4 is 28.2 Å². The lowest BCUT2D eigenvalue weighted by molar-refractivity contribution is 0.0858. The minimum absolute atomic E-state index is 0.0884. The number of thiophene rings is 1. The van der Waals surface area contributed by atoms with E-state index in [1.165, 1.54) is 16.2 Å². The summed E-state index contributed by atoms with van der Waals surface area (Å²) >= 11 is 1.51. The monoisotopic (exact) mass is 400 g/mol. The third-order valence-electron chi connectivity index (χ3n) is 5.22. The van der Waals surface area contributed by atoms with E-state index in [2.05, 4.69) is 10.6 Å². The maximum Gasteiger partial charge on any atom is 0.256 e. The Balaban J connectivity index is 1.53. The minimum Gasteiger partial charge on any atom is -0.497 e. The van der Waals surface area contributed by atoms with Crippen molar-refractivity contribution in [2.24, 2.45) is 0 Å². The number of hydrogen-bond donors (Lipinski definition) is 2. The molecule has 0 unspecified atom stereocenters. The van der Waals surface area contributed by atoms with Crippen molar-refractivity contribution in [1.82, 2.24) is 5.32 Å². The predicted octanol–water partition coefficient (Wildman–Crippen LogP) is 3.41. The minimum atomic E-state index is -0.244. The fourth-order valence-corrected chi connectivity index (χ4v) is 5.05. The van der Waals surface area contributed by atoms with Crippen molar-refractivity contribution in [3.8, 4) is 5.75 Å². The van der Waals surface area contributed by atoms with Crippen LogP contribution in [0.15, 0.2) is 24.3 Å². The molecule has 1 aliphatic heterocycles. The zero-order valence-corrected chi connectivity index (χ0v) is 16.7. The van der Waals surface area contributed by atoms with Gasteiger partial charge in [0.15, 0.2) is 0 Å². The van der Waals surface area contributed by atoms with Crippen molar-refractivity contribution in [2.45, 2.75) is 38.2 Å². The molecule has 1 fully saturated rings. The molecule has 1 aromatic heterocycles. The molecule has 0 bridgehead atoms. The number of carbonyl (C=O) groups is 2. The molecule has 2 aromatic rings. The zero-order valence-electron chi connectivity index (χ0n) is 15.9. The molecule has 1 saturated heterocycles. The summed E-state index contributed by atoms with van der Waals surface area (Å²) in [6.07, 6.45) is 4.99. The van der Waals surface area contributed by atoms with Crippen LogP contribution in [-0.4, -0.2) is 38.2 Å². The van der Waals surface area contributed by atoms with Gasteiger partial charge in [-0.2, -0.15) is 0 Å². The summed E-state index contributed by atoms with van der Waals surface area (Å²) in [5.74, 6) is 0.249. The molecular weight excluding hydrogens is 376 g/mol. The second-order valence-electron chi connectivity index (χ2n) is 7.09. The van der Waals surface area contributed by atoms with Crippen molar-refractivity contribution in [3.05, 3.63) is 45.8 Å². The largest absolute Gasteiger partial charge is 0.497 e. The van der Waals surface area contributed by atoms with E-state index in [0.29, 0.717) is 28.4 Å². The van der Waals surface area contributed by atoms with E-state index in [1.54, 1.807) is 31.4 Å². The Morgan fingerprint density at radius 1 is 1.25 bits per heavy atom. The highest BCUT2D eigenvalue weighted by Gasteiger charge is 2.28. The molecule has 1 aromatic carbocycles. The highest BCUT2D eigenvalue weighted by atomic mass is 32.1. The van der Waals surface area contributed by atoms with Gasteiger partial charge in [-0.3, -0.25) is 9.59 Å². The summed E-state index contributed by atoms with van der Waals surface area (Å²) in [6, 6.07) is 6.99. The Bertz CT molecular complexity index is 887. The van der Waals surface area contributed by atoms with Crippen LogP contribution in [0.25, 0.3) is 0 Å². The van der Waals surface area contributed by atoms with Gasteiger partial charge in [-0.25, -0.2) is 0 Å². The average molecular weight is 401 g/mol. The third kappa shape index (κ3) is 3.91. The lowest BCUT2D eigenvalue weighted by atomic mass is 10.1. The first-order valence-electron chi connectivity index (χ1n) is 9.65. The number of anilines is 1. The molecule has 0 radical (unpaired) electrons. The van der Waals surface area contributed by atoms with E-state index in [-0.39, 0.29) is 17.9 Å². The predicted molar refractivity (Wildman–Crippen MR) is 109 cm³/mol.